The fourth-order valence-corrected chi connectivity index (χ4v) is 3.59. The first kappa shape index (κ1) is 14.6. The predicted molar refractivity (Wildman–Crippen MR) is 92.3 cm³/mol. The number of nitrogens with zero attached hydrogens (tertiary/aromatic N) is 2. The van der Waals surface area contributed by atoms with Crippen molar-refractivity contribution >= 4 is 11.3 Å². The van der Waals surface area contributed by atoms with Crippen LogP contribution in [0.2, 0.25) is 0 Å². The zero-order valence-corrected chi connectivity index (χ0v) is 13.6. The zero-order chi connectivity index (χ0) is 15.5. The lowest BCUT2D eigenvalue weighted by molar-refractivity contribution is 0.00329. The van der Waals surface area contributed by atoms with Crippen LogP contribution in [0, 0.1) is 0 Å². The van der Waals surface area contributed by atoms with Crippen LogP contribution in [0.25, 0.3) is 11.3 Å². The Bertz CT molecular complexity index is 752. The van der Waals surface area contributed by atoms with Gasteiger partial charge >= 0.3 is 0 Å². The Morgan fingerprint density at radius 2 is 2.13 bits per heavy atom. The number of aromatic nitrogens is 2. The van der Waals surface area contributed by atoms with Gasteiger partial charge in [-0.05, 0) is 17.0 Å². The Morgan fingerprint density at radius 1 is 1.22 bits per heavy atom. The number of benzene rings is 1. The maximum Gasteiger partial charge on any atom is 0.135 e. The van der Waals surface area contributed by atoms with Gasteiger partial charge in [-0.25, -0.2) is 4.98 Å². The number of thiophene rings is 1. The molecule has 1 N–H and O–H groups in total. The molecule has 0 fully saturated rings. The minimum atomic E-state index is 0.180. The monoisotopic (exact) mass is 325 g/mol. The molecule has 3 aromatic rings. The Labute approximate surface area is 139 Å². The second-order valence-corrected chi connectivity index (χ2v) is 6.71. The van der Waals surface area contributed by atoms with Crippen LogP contribution < -0.4 is 5.32 Å². The minimum absolute atomic E-state index is 0.180. The van der Waals surface area contributed by atoms with Gasteiger partial charge in [-0.3, -0.25) is 0 Å². The second kappa shape index (κ2) is 6.66. The molecule has 0 radical (unpaired) electrons. The highest BCUT2D eigenvalue weighted by Crippen LogP contribution is 2.24. The van der Waals surface area contributed by atoms with Gasteiger partial charge in [0, 0.05) is 18.0 Å². The summed E-state index contributed by atoms with van der Waals surface area (Å²) in [6, 6.07) is 14.7. The molecule has 3 heterocycles. The van der Waals surface area contributed by atoms with Crippen molar-refractivity contribution < 1.29 is 4.74 Å². The molecule has 0 aliphatic carbocycles. The maximum atomic E-state index is 5.93. The van der Waals surface area contributed by atoms with Gasteiger partial charge in [-0.1, -0.05) is 36.4 Å². The second-order valence-electron chi connectivity index (χ2n) is 5.68. The molecule has 23 heavy (non-hydrogen) atoms. The standard InChI is InChI=1S/C18H19N3OS/c1-2-5-14(6-3-1)17-11-20-18-13-22-15(12-21(17)18)9-19-10-16-7-4-8-23-16/h1-8,11,15,19H,9-10,12-13H2. The van der Waals surface area contributed by atoms with Gasteiger partial charge in [0.25, 0.3) is 0 Å². The van der Waals surface area contributed by atoms with E-state index in [1.807, 2.05) is 12.3 Å². The molecule has 4 nitrogen and oxygen atoms in total. The summed E-state index contributed by atoms with van der Waals surface area (Å²) in [4.78, 5) is 5.86. The number of ether oxygens (including phenoxy) is 1. The number of hydrogen-bond donors (Lipinski definition) is 1. The van der Waals surface area contributed by atoms with Crippen LogP contribution in [0.1, 0.15) is 10.7 Å². The van der Waals surface area contributed by atoms with E-state index in [1.165, 1.54) is 16.1 Å². The molecule has 1 unspecified atom stereocenters. The molecule has 1 aliphatic rings. The molecular weight excluding hydrogens is 306 g/mol. The molecule has 4 rings (SSSR count). The fourth-order valence-electron chi connectivity index (χ4n) is 2.91. The van der Waals surface area contributed by atoms with E-state index in [9.17, 15) is 0 Å². The highest BCUT2D eigenvalue weighted by molar-refractivity contribution is 7.09. The van der Waals surface area contributed by atoms with Crippen LogP contribution in [-0.2, 0) is 24.4 Å². The van der Waals surface area contributed by atoms with E-state index in [1.54, 1.807) is 11.3 Å². The summed E-state index contributed by atoms with van der Waals surface area (Å²) in [5.74, 6) is 1.01. The molecule has 118 valence electrons. The number of imidazole rings is 1. The normalized spacial score (nSPS) is 17.1. The predicted octanol–water partition coefficient (Wildman–Crippen LogP) is 3.30. The molecule has 2 aromatic heterocycles. The number of hydrogen-bond acceptors (Lipinski definition) is 4. The van der Waals surface area contributed by atoms with Crippen molar-refractivity contribution in [1.29, 1.82) is 0 Å². The number of nitrogens with one attached hydrogen (secondary N) is 1. The SMILES string of the molecule is c1ccc(-c2cnc3n2CC(CNCc2cccs2)OC3)cc1. The van der Waals surface area contributed by atoms with Gasteiger partial charge in [-0.2, -0.15) is 0 Å². The summed E-state index contributed by atoms with van der Waals surface area (Å²) in [5.41, 5.74) is 2.38. The maximum absolute atomic E-state index is 5.93. The quantitative estimate of drug-likeness (QED) is 0.782. The average molecular weight is 325 g/mol. The van der Waals surface area contributed by atoms with Crippen LogP contribution >= 0.6 is 11.3 Å². The molecule has 5 heteroatoms. The minimum Gasteiger partial charge on any atom is -0.367 e. The van der Waals surface area contributed by atoms with Crippen molar-refractivity contribution in [3.63, 3.8) is 0 Å². The highest BCUT2D eigenvalue weighted by atomic mass is 32.1. The van der Waals surface area contributed by atoms with Crippen molar-refractivity contribution in [3.05, 3.63) is 64.7 Å². The van der Waals surface area contributed by atoms with E-state index < -0.39 is 0 Å². The van der Waals surface area contributed by atoms with Gasteiger partial charge < -0.3 is 14.6 Å². The third kappa shape index (κ3) is 3.22. The summed E-state index contributed by atoms with van der Waals surface area (Å²) in [7, 11) is 0. The largest absolute Gasteiger partial charge is 0.367 e. The molecule has 0 bridgehead atoms. The fraction of sp³-hybridized carbons (Fsp3) is 0.278. The van der Waals surface area contributed by atoms with Crippen LogP contribution in [0.3, 0.4) is 0 Å². The average Bonchev–Trinajstić information content (AvgIpc) is 3.25. The van der Waals surface area contributed by atoms with E-state index in [4.69, 9.17) is 4.74 Å². The Hall–Kier alpha value is -1.95. The molecule has 1 aromatic carbocycles. The van der Waals surface area contributed by atoms with E-state index in [-0.39, 0.29) is 6.10 Å². The van der Waals surface area contributed by atoms with E-state index in [0.717, 1.165) is 25.5 Å². The van der Waals surface area contributed by atoms with Crippen molar-refractivity contribution in [2.24, 2.45) is 0 Å². The van der Waals surface area contributed by atoms with Crippen LogP contribution in [0.15, 0.2) is 54.0 Å². The highest BCUT2D eigenvalue weighted by Gasteiger charge is 2.22. The van der Waals surface area contributed by atoms with Crippen molar-refractivity contribution in [2.75, 3.05) is 6.54 Å². The van der Waals surface area contributed by atoms with E-state index >= 15 is 0 Å². The summed E-state index contributed by atoms with van der Waals surface area (Å²) < 4.78 is 8.22. The third-order valence-electron chi connectivity index (χ3n) is 4.09. The Morgan fingerprint density at radius 3 is 2.96 bits per heavy atom. The lowest BCUT2D eigenvalue weighted by atomic mass is 10.1. The summed E-state index contributed by atoms with van der Waals surface area (Å²) >= 11 is 1.78. The lowest BCUT2D eigenvalue weighted by Crippen LogP contribution is -2.36. The van der Waals surface area contributed by atoms with E-state index in [0.29, 0.717) is 6.61 Å². The summed E-state index contributed by atoms with van der Waals surface area (Å²) in [6.45, 7) is 3.18. The zero-order valence-electron chi connectivity index (χ0n) is 12.8. The van der Waals surface area contributed by atoms with Crippen LogP contribution in [-0.4, -0.2) is 22.2 Å². The van der Waals surface area contributed by atoms with E-state index in [2.05, 4.69) is 56.6 Å². The van der Waals surface area contributed by atoms with Crippen LogP contribution in [0.5, 0.6) is 0 Å². The third-order valence-corrected chi connectivity index (χ3v) is 4.97. The first-order chi connectivity index (χ1) is 11.4. The molecule has 1 aliphatic heterocycles. The van der Waals surface area contributed by atoms with Gasteiger partial charge in [0.1, 0.15) is 12.4 Å². The Balaban J connectivity index is 1.43. The van der Waals surface area contributed by atoms with Crippen molar-refractivity contribution in [3.8, 4) is 11.3 Å². The molecule has 0 spiro atoms. The van der Waals surface area contributed by atoms with Gasteiger partial charge in [-0.15, -0.1) is 11.3 Å². The number of rotatable bonds is 5. The number of fused-ring (bicyclic) bond motifs is 1. The molecule has 0 saturated carbocycles. The lowest BCUT2D eigenvalue weighted by Gasteiger charge is -2.26. The van der Waals surface area contributed by atoms with Crippen molar-refractivity contribution in [2.45, 2.75) is 25.8 Å². The summed E-state index contributed by atoms with van der Waals surface area (Å²) in [6.07, 6.45) is 2.13. The van der Waals surface area contributed by atoms with Crippen LogP contribution in [0.4, 0.5) is 0 Å². The van der Waals surface area contributed by atoms with Gasteiger partial charge in [0.15, 0.2) is 0 Å². The summed E-state index contributed by atoms with van der Waals surface area (Å²) in [5, 5.41) is 5.60. The van der Waals surface area contributed by atoms with Gasteiger partial charge in [0.2, 0.25) is 0 Å². The first-order valence-electron chi connectivity index (χ1n) is 7.84. The van der Waals surface area contributed by atoms with Crippen molar-refractivity contribution in [1.82, 2.24) is 14.9 Å². The molecule has 1 atom stereocenters. The van der Waals surface area contributed by atoms with Gasteiger partial charge in [0.05, 0.1) is 24.5 Å². The first-order valence-corrected chi connectivity index (χ1v) is 8.72. The molecular formula is C18H19N3OS. The topological polar surface area (TPSA) is 39.1 Å². The molecule has 0 amide bonds. The molecule has 0 saturated heterocycles. The Kier molecular flexibility index (Phi) is 4.24. The smallest absolute Gasteiger partial charge is 0.135 e.